The molecule has 0 heterocycles. The van der Waals surface area contributed by atoms with E-state index in [1.165, 1.54) is 18.9 Å². The highest BCUT2D eigenvalue weighted by Crippen LogP contribution is 2.21. The Balaban J connectivity index is 1.87. The van der Waals surface area contributed by atoms with Crippen molar-refractivity contribution in [3.8, 4) is 0 Å². The van der Waals surface area contributed by atoms with Crippen LogP contribution in [0.5, 0.6) is 0 Å². The number of benzene rings is 1. The lowest BCUT2D eigenvalue weighted by molar-refractivity contribution is -0.385. The lowest BCUT2D eigenvalue weighted by atomic mass is 10.1. The molecule has 5 heteroatoms. The smallest absolute Gasteiger partial charge is 0.272 e. The van der Waals surface area contributed by atoms with Crippen LogP contribution < -0.4 is 5.73 Å². The number of hydrogen-bond donors (Lipinski definition) is 1. The zero-order chi connectivity index (χ0) is 14.4. The standard InChI is InChI=1S/C15H22N2O3/c16-13-7-2-1-3-9-15(13)20-11-10-12-6-4-5-8-14(12)17(18)19/h4-6,8,13,15H,1-3,7,9-11,16H2. The maximum Gasteiger partial charge on any atom is 0.272 e. The summed E-state index contributed by atoms with van der Waals surface area (Å²) in [5, 5.41) is 10.9. The summed E-state index contributed by atoms with van der Waals surface area (Å²) in [6.45, 7) is 0.489. The summed E-state index contributed by atoms with van der Waals surface area (Å²) in [4.78, 5) is 10.6. The molecule has 1 aromatic rings. The fourth-order valence-corrected chi connectivity index (χ4v) is 2.73. The molecule has 5 nitrogen and oxygen atoms in total. The van der Waals surface area contributed by atoms with Gasteiger partial charge in [-0.15, -0.1) is 0 Å². The summed E-state index contributed by atoms with van der Waals surface area (Å²) in [5.41, 5.74) is 6.99. The minimum atomic E-state index is -0.341. The SMILES string of the molecule is NC1CCCCCC1OCCc1ccccc1[N+](=O)[O-]. The molecule has 0 bridgehead atoms. The van der Waals surface area contributed by atoms with Gasteiger partial charge in [-0.25, -0.2) is 0 Å². The quantitative estimate of drug-likeness (QED) is 0.510. The second-order valence-corrected chi connectivity index (χ2v) is 5.35. The van der Waals surface area contributed by atoms with E-state index in [4.69, 9.17) is 10.5 Å². The van der Waals surface area contributed by atoms with E-state index in [0.717, 1.165) is 24.8 Å². The van der Waals surface area contributed by atoms with Crippen molar-refractivity contribution in [2.45, 2.75) is 50.7 Å². The average Bonchev–Trinajstić information content (AvgIpc) is 2.64. The fourth-order valence-electron chi connectivity index (χ4n) is 2.73. The van der Waals surface area contributed by atoms with Gasteiger partial charge < -0.3 is 10.5 Å². The first-order valence-corrected chi connectivity index (χ1v) is 7.28. The van der Waals surface area contributed by atoms with Crippen LogP contribution in [0, 0.1) is 10.1 Å². The van der Waals surface area contributed by atoms with E-state index in [-0.39, 0.29) is 22.8 Å². The van der Waals surface area contributed by atoms with Gasteiger partial charge in [0.05, 0.1) is 17.6 Å². The molecular weight excluding hydrogens is 256 g/mol. The molecule has 1 fully saturated rings. The van der Waals surface area contributed by atoms with Gasteiger partial charge in [0.25, 0.3) is 5.69 Å². The van der Waals surface area contributed by atoms with Crippen molar-refractivity contribution < 1.29 is 9.66 Å². The molecule has 1 aliphatic carbocycles. The summed E-state index contributed by atoms with van der Waals surface area (Å²) < 4.78 is 5.87. The van der Waals surface area contributed by atoms with Gasteiger partial charge >= 0.3 is 0 Å². The van der Waals surface area contributed by atoms with Gasteiger partial charge in [-0.3, -0.25) is 10.1 Å². The third-order valence-electron chi connectivity index (χ3n) is 3.90. The maximum absolute atomic E-state index is 10.9. The number of nitro groups is 1. The van der Waals surface area contributed by atoms with Crippen LogP contribution in [0.3, 0.4) is 0 Å². The first-order valence-electron chi connectivity index (χ1n) is 7.28. The van der Waals surface area contributed by atoms with E-state index in [2.05, 4.69) is 0 Å². The number of nitro benzene ring substituents is 1. The Kier molecular flexibility index (Phi) is 5.49. The van der Waals surface area contributed by atoms with E-state index < -0.39 is 0 Å². The molecule has 0 aliphatic heterocycles. The molecule has 110 valence electrons. The predicted molar refractivity (Wildman–Crippen MR) is 77.6 cm³/mol. The van der Waals surface area contributed by atoms with Crippen molar-refractivity contribution in [2.75, 3.05) is 6.61 Å². The van der Waals surface area contributed by atoms with Crippen LogP contribution in [-0.4, -0.2) is 23.7 Å². The second kappa shape index (κ2) is 7.36. The van der Waals surface area contributed by atoms with E-state index in [1.807, 2.05) is 6.07 Å². The van der Waals surface area contributed by atoms with E-state index in [9.17, 15) is 10.1 Å². The lowest BCUT2D eigenvalue weighted by Crippen LogP contribution is -2.36. The third kappa shape index (κ3) is 4.02. The van der Waals surface area contributed by atoms with Gasteiger partial charge in [0.2, 0.25) is 0 Å². The molecule has 1 aliphatic rings. The molecule has 2 unspecified atom stereocenters. The molecule has 0 aromatic heterocycles. The molecule has 0 spiro atoms. The van der Waals surface area contributed by atoms with Crippen molar-refractivity contribution in [1.29, 1.82) is 0 Å². The number of rotatable bonds is 5. The summed E-state index contributed by atoms with van der Waals surface area (Å²) in [7, 11) is 0. The lowest BCUT2D eigenvalue weighted by Gasteiger charge is -2.21. The van der Waals surface area contributed by atoms with Crippen LogP contribution in [0.25, 0.3) is 0 Å². The minimum Gasteiger partial charge on any atom is -0.376 e. The van der Waals surface area contributed by atoms with Crippen LogP contribution >= 0.6 is 0 Å². The number of para-hydroxylation sites is 1. The molecule has 2 rings (SSSR count). The first kappa shape index (κ1) is 14.9. The van der Waals surface area contributed by atoms with Crippen molar-refractivity contribution in [3.05, 3.63) is 39.9 Å². The Bertz CT molecular complexity index is 450. The molecular formula is C15H22N2O3. The number of nitrogens with two attached hydrogens (primary N) is 1. The maximum atomic E-state index is 10.9. The molecule has 0 amide bonds. The summed E-state index contributed by atoms with van der Waals surface area (Å²) in [6, 6.07) is 6.92. The fraction of sp³-hybridized carbons (Fsp3) is 0.600. The summed E-state index contributed by atoms with van der Waals surface area (Å²) >= 11 is 0. The minimum absolute atomic E-state index is 0.0975. The van der Waals surface area contributed by atoms with Crippen LogP contribution in [0.15, 0.2) is 24.3 Å². The predicted octanol–water partition coefficient (Wildman–Crippen LogP) is 2.81. The van der Waals surface area contributed by atoms with Crippen LogP contribution in [0.2, 0.25) is 0 Å². The van der Waals surface area contributed by atoms with Gasteiger partial charge in [0.15, 0.2) is 0 Å². The van der Waals surface area contributed by atoms with Crippen molar-refractivity contribution in [3.63, 3.8) is 0 Å². The molecule has 1 aromatic carbocycles. The van der Waals surface area contributed by atoms with Crippen LogP contribution in [0.4, 0.5) is 5.69 Å². The number of nitrogens with zero attached hydrogens (tertiary/aromatic N) is 1. The Morgan fingerprint density at radius 1 is 1.25 bits per heavy atom. The molecule has 2 atom stereocenters. The Hall–Kier alpha value is -1.46. The molecule has 0 radical (unpaired) electrons. The normalized spacial score (nSPS) is 23.2. The summed E-state index contributed by atoms with van der Waals surface area (Å²) in [6.07, 6.45) is 6.21. The Labute approximate surface area is 119 Å². The zero-order valence-electron chi connectivity index (χ0n) is 11.7. The highest BCUT2D eigenvalue weighted by atomic mass is 16.6. The van der Waals surface area contributed by atoms with Gasteiger partial charge in [-0.1, -0.05) is 37.5 Å². The zero-order valence-corrected chi connectivity index (χ0v) is 11.7. The average molecular weight is 278 g/mol. The molecule has 1 saturated carbocycles. The Morgan fingerprint density at radius 3 is 2.80 bits per heavy atom. The second-order valence-electron chi connectivity index (χ2n) is 5.35. The van der Waals surface area contributed by atoms with Gasteiger partial charge in [-0.05, 0) is 12.8 Å². The largest absolute Gasteiger partial charge is 0.376 e. The van der Waals surface area contributed by atoms with Crippen molar-refractivity contribution in [1.82, 2.24) is 0 Å². The first-order chi connectivity index (χ1) is 9.68. The monoisotopic (exact) mass is 278 g/mol. The van der Waals surface area contributed by atoms with Crippen molar-refractivity contribution in [2.24, 2.45) is 5.73 Å². The van der Waals surface area contributed by atoms with E-state index >= 15 is 0 Å². The highest BCUT2D eigenvalue weighted by Gasteiger charge is 2.21. The van der Waals surface area contributed by atoms with Gasteiger partial charge in [0, 0.05) is 24.1 Å². The number of hydrogen-bond acceptors (Lipinski definition) is 4. The topological polar surface area (TPSA) is 78.4 Å². The van der Waals surface area contributed by atoms with Gasteiger partial charge in [-0.2, -0.15) is 0 Å². The van der Waals surface area contributed by atoms with Crippen LogP contribution in [0.1, 0.15) is 37.7 Å². The van der Waals surface area contributed by atoms with E-state index in [0.29, 0.717) is 13.0 Å². The molecule has 2 N–H and O–H groups in total. The van der Waals surface area contributed by atoms with E-state index in [1.54, 1.807) is 12.1 Å². The highest BCUT2D eigenvalue weighted by molar-refractivity contribution is 5.39. The Morgan fingerprint density at radius 2 is 2.00 bits per heavy atom. The summed E-state index contributed by atoms with van der Waals surface area (Å²) in [5.74, 6) is 0. The van der Waals surface area contributed by atoms with Gasteiger partial charge in [0.1, 0.15) is 0 Å². The number of ether oxygens (including phenoxy) is 1. The molecule has 20 heavy (non-hydrogen) atoms. The van der Waals surface area contributed by atoms with Crippen LogP contribution in [-0.2, 0) is 11.2 Å². The third-order valence-corrected chi connectivity index (χ3v) is 3.90. The van der Waals surface area contributed by atoms with Crippen molar-refractivity contribution >= 4 is 5.69 Å². The molecule has 0 saturated heterocycles.